The third kappa shape index (κ3) is 39.3. The zero-order valence-corrected chi connectivity index (χ0v) is 37.1. The normalized spacial score (nSPS) is 13.3. The zero-order valence-electron chi connectivity index (χ0n) is 35.5. The lowest BCUT2D eigenvalue weighted by atomic mass is 10.0. The highest BCUT2D eigenvalue weighted by atomic mass is 35.5. The van der Waals surface area contributed by atoms with Crippen LogP contribution in [0.2, 0.25) is 0 Å². The average Bonchev–Trinajstić information content (AvgIpc) is 3.09. The summed E-state index contributed by atoms with van der Waals surface area (Å²) in [6.45, 7) is 6.74. The molecule has 0 aliphatic heterocycles. The molecule has 53 heavy (non-hydrogen) atoms. The van der Waals surface area contributed by atoms with Gasteiger partial charge in [-0.3, -0.25) is 23.2 Å². The maximum absolute atomic E-state index is 13.3. The van der Waals surface area contributed by atoms with Crippen LogP contribution in [0.4, 0.5) is 0 Å². The monoisotopic (exact) mass is 798 g/mol. The lowest BCUT2D eigenvalue weighted by Gasteiger charge is -2.25. The van der Waals surface area contributed by atoms with E-state index in [0.717, 1.165) is 38.5 Å². The highest BCUT2D eigenvalue weighted by molar-refractivity contribution is 7.48. The van der Waals surface area contributed by atoms with E-state index < -0.39 is 13.9 Å². The van der Waals surface area contributed by atoms with Crippen LogP contribution in [-0.2, 0) is 37.2 Å². The minimum absolute atomic E-state index is 0. The summed E-state index contributed by atoms with van der Waals surface area (Å²) in [5, 5.41) is 0. The first-order valence-corrected chi connectivity index (χ1v) is 23.2. The average molecular weight is 799 g/mol. The van der Waals surface area contributed by atoms with Gasteiger partial charge in [-0.1, -0.05) is 168 Å². The molecular weight excluding hydrogens is 713 g/mol. The van der Waals surface area contributed by atoms with Crippen molar-refractivity contribution >= 4 is 19.8 Å². The summed E-state index contributed by atoms with van der Waals surface area (Å²) in [4.78, 5) is 25.4. The molecule has 318 valence electrons. The number of quaternary nitrogens is 1. The van der Waals surface area contributed by atoms with Gasteiger partial charge in [0, 0.05) is 12.8 Å². The van der Waals surface area contributed by atoms with E-state index >= 15 is 0 Å². The number of phosphoric acid groups is 1. The first-order chi connectivity index (χ1) is 25.0. The van der Waals surface area contributed by atoms with Gasteiger partial charge in [-0.2, -0.15) is 0 Å². The Morgan fingerprint density at radius 1 is 0.509 bits per heavy atom. The molecule has 0 radical (unpaired) electrons. The van der Waals surface area contributed by atoms with Crippen LogP contribution in [0.5, 0.6) is 0 Å². The molecule has 0 bridgehead atoms. The van der Waals surface area contributed by atoms with Gasteiger partial charge in [-0.05, 0) is 19.8 Å². The molecule has 0 saturated carbocycles. The van der Waals surface area contributed by atoms with Crippen LogP contribution < -0.4 is 12.4 Å². The Morgan fingerprint density at radius 3 is 1.26 bits per heavy atom. The van der Waals surface area contributed by atoms with Gasteiger partial charge in [0.25, 0.3) is 0 Å². The van der Waals surface area contributed by atoms with E-state index in [1.165, 1.54) is 128 Å². The summed E-state index contributed by atoms with van der Waals surface area (Å²) in [5.41, 5.74) is 0. The van der Waals surface area contributed by atoms with Crippen LogP contribution in [0, 0.1) is 0 Å². The molecule has 9 nitrogen and oxygen atoms in total. The van der Waals surface area contributed by atoms with Gasteiger partial charge in [-0.25, -0.2) is 4.57 Å². The Balaban J connectivity index is 0. The number of nitrogens with zero attached hydrogens (tertiary/aromatic N) is 1. The summed E-state index contributed by atoms with van der Waals surface area (Å²) in [7, 11) is 2.14. The fourth-order valence-corrected chi connectivity index (χ4v) is 7.26. The Morgan fingerprint density at radius 2 is 0.887 bits per heavy atom. The second-order valence-corrected chi connectivity index (χ2v) is 17.5. The first-order valence-electron chi connectivity index (χ1n) is 21.7. The number of hydrogen-bond donors (Lipinski definition) is 0. The minimum atomic E-state index is -3.89. The third-order valence-electron chi connectivity index (χ3n) is 9.41. The molecule has 0 aromatic rings. The van der Waals surface area contributed by atoms with Crippen molar-refractivity contribution in [1.29, 1.82) is 0 Å². The van der Waals surface area contributed by atoms with E-state index in [1.807, 2.05) is 21.1 Å². The highest BCUT2D eigenvalue weighted by Gasteiger charge is 2.30. The summed E-state index contributed by atoms with van der Waals surface area (Å²) in [5.74, 6) is -0.700. The molecule has 2 atom stereocenters. The number of unbranched alkanes of at least 4 members (excludes halogenated alkanes) is 24. The van der Waals surface area contributed by atoms with Gasteiger partial charge in [0.05, 0.1) is 34.4 Å². The number of rotatable bonds is 40. The standard InChI is InChI=1S/C42H85NO8P.ClH/c1-7-10-12-14-16-18-20-22-24-26-28-30-32-34-41(44)47-38-40(39-50-52(46,48-9-3)49-37-36-43(4,5)6)51-42(45)35-33-31-29-27-25-23-21-19-17-15-13-11-8-2;/h40H,7-39H2,1-6H3;1H/q+1;/p-1/t40-,52?;/m1./s1. The molecule has 1 unspecified atom stereocenters. The number of likely N-dealkylation sites (N-methyl/N-ethyl adjacent to an activating group) is 1. The molecule has 11 heteroatoms. The molecule has 0 N–H and O–H groups in total. The van der Waals surface area contributed by atoms with E-state index in [4.69, 9.17) is 23.0 Å². The van der Waals surface area contributed by atoms with E-state index in [-0.39, 0.29) is 57.2 Å². The maximum Gasteiger partial charge on any atom is 0.475 e. The first kappa shape index (κ1) is 54.4. The molecule has 0 amide bonds. The summed E-state index contributed by atoms with van der Waals surface area (Å²) >= 11 is 0. The van der Waals surface area contributed by atoms with Crippen LogP contribution in [0.15, 0.2) is 0 Å². The van der Waals surface area contributed by atoms with Crippen LogP contribution in [0.25, 0.3) is 0 Å². The van der Waals surface area contributed by atoms with Crippen LogP contribution in [-0.4, -0.2) is 76.6 Å². The number of ether oxygens (including phenoxy) is 2. The molecule has 0 fully saturated rings. The Bertz CT molecular complexity index is 873. The number of phosphoric ester groups is 1. The fraction of sp³-hybridized carbons (Fsp3) is 0.952. The van der Waals surface area contributed by atoms with E-state index in [1.54, 1.807) is 6.92 Å². The molecular formula is C42H85ClNO8P. The smallest absolute Gasteiger partial charge is 0.475 e. The Hall–Kier alpha value is -0.700. The van der Waals surface area contributed by atoms with E-state index in [9.17, 15) is 14.2 Å². The topological polar surface area (TPSA) is 97.4 Å². The SMILES string of the molecule is CCCCCCCCCCCCCCCC(=O)OC[C@H](COP(=O)(OCC)OCC[N+](C)(C)C)OC(=O)CCCCCCCCCCCCCCC.[Cl-]. The predicted molar refractivity (Wildman–Crippen MR) is 215 cm³/mol. The molecule has 0 heterocycles. The maximum atomic E-state index is 13.3. The number of carbonyl (C=O) groups is 2. The van der Waals surface area contributed by atoms with Gasteiger partial charge in [0.2, 0.25) is 0 Å². The van der Waals surface area contributed by atoms with Crippen molar-refractivity contribution in [1.82, 2.24) is 0 Å². The second-order valence-electron chi connectivity index (χ2n) is 15.8. The fourth-order valence-electron chi connectivity index (χ4n) is 6.06. The second kappa shape index (κ2) is 38.2. The van der Waals surface area contributed by atoms with Gasteiger partial charge in [0.1, 0.15) is 19.8 Å². The molecule has 0 spiro atoms. The van der Waals surface area contributed by atoms with Crippen molar-refractivity contribution in [3.63, 3.8) is 0 Å². The molecule has 0 aliphatic carbocycles. The molecule has 0 aliphatic rings. The van der Waals surface area contributed by atoms with E-state index in [0.29, 0.717) is 17.4 Å². The van der Waals surface area contributed by atoms with Crippen LogP contribution in [0.1, 0.15) is 201 Å². The largest absolute Gasteiger partial charge is 1.00 e. The van der Waals surface area contributed by atoms with E-state index in [2.05, 4.69) is 13.8 Å². The molecule has 0 saturated heterocycles. The van der Waals surface area contributed by atoms with Gasteiger partial charge < -0.3 is 26.4 Å². The third-order valence-corrected chi connectivity index (χ3v) is 11.0. The minimum Gasteiger partial charge on any atom is -1.00 e. The summed E-state index contributed by atoms with van der Waals surface area (Å²) < 4.78 is 41.6. The lowest BCUT2D eigenvalue weighted by Crippen LogP contribution is -3.00. The van der Waals surface area contributed by atoms with Gasteiger partial charge in [0.15, 0.2) is 6.10 Å². The summed E-state index contributed by atoms with van der Waals surface area (Å²) in [6, 6.07) is 0. The zero-order chi connectivity index (χ0) is 38.6. The van der Waals surface area contributed by atoms with Gasteiger partial charge >= 0.3 is 19.8 Å². The van der Waals surface area contributed by atoms with Crippen molar-refractivity contribution in [2.24, 2.45) is 0 Å². The quantitative estimate of drug-likeness (QED) is 0.0262. The number of carbonyl (C=O) groups excluding carboxylic acids is 2. The molecule has 0 rings (SSSR count). The van der Waals surface area contributed by atoms with Crippen LogP contribution in [0.3, 0.4) is 0 Å². The number of hydrogen-bond acceptors (Lipinski definition) is 8. The lowest BCUT2D eigenvalue weighted by molar-refractivity contribution is -0.870. The molecule has 0 aromatic heterocycles. The van der Waals surface area contributed by atoms with Crippen molar-refractivity contribution in [3.8, 4) is 0 Å². The number of esters is 2. The van der Waals surface area contributed by atoms with Crippen molar-refractivity contribution in [2.75, 3.05) is 54.1 Å². The van der Waals surface area contributed by atoms with Crippen LogP contribution >= 0.6 is 7.82 Å². The van der Waals surface area contributed by atoms with Gasteiger partial charge in [-0.15, -0.1) is 0 Å². The Labute approximate surface area is 333 Å². The van der Waals surface area contributed by atoms with Crippen molar-refractivity contribution in [3.05, 3.63) is 0 Å². The highest BCUT2D eigenvalue weighted by Crippen LogP contribution is 2.49. The van der Waals surface area contributed by atoms with Crippen molar-refractivity contribution in [2.45, 2.75) is 207 Å². The predicted octanol–water partition coefficient (Wildman–Crippen LogP) is 9.29. The Kier molecular flexibility index (Phi) is 39.2. The molecule has 0 aromatic carbocycles. The summed E-state index contributed by atoms with van der Waals surface area (Å²) in [6.07, 6.45) is 31.8. The number of halogens is 1. The van der Waals surface area contributed by atoms with Crippen molar-refractivity contribution < 1.29 is 54.1 Å².